The van der Waals surface area contributed by atoms with Crippen molar-refractivity contribution in [3.63, 3.8) is 0 Å². The number of carbonyl (C=O) groups excluding carboxylic acids is 1. The minimum atomic E-state index is -3.82. The number of hydrogen-bond donors (Lipinski definition) is 1. The summed E-state index contributed by atoms with van der Waals surface area (Å²) in [4.78, 5) is 15.8. The highest BCUT2D eigenvalue weighted by molar-refractivity contribution is 7.90. The van der Waals surface area contributed by atoms with E-state index in [9.17, 15) is 13.2 Å². The van der Waals surface area contributed by atoms with E-state index in [0.717, 1.165) is 74.5 Å². The van der Waals surface area contributed by atoms with Gasteiger partial charge in [0.2, 0.25) is 10.0 Å². The van der Waals surface area contributed by atoms with Gasteiger partial charge in [-0.3, -0.25) is 4.79 Å². The maximum absolute atomic E-state index is 13.4. The van der Waals surface area contributed by atoms with Crippen LogP contribution in [0.15, 0.2) is 48.0 Å². The van der Waals surface area contributed by atoms with E-state index in [-0.39, 0.29) is 29.1 Å². The van der Waals surface area contributed by atoms with E-state index in [2.05, 4.69) is 27.8 Å². The number of nitrogens with zero attached hydrogens (tertiary/aromatic N) is 1. The Kier molecular flexibility index (Phi) is 7.54. The molecule has 9 heteroatoms. The van der Waals surface area contributed by atoms with Crippen molar-refractivity contribution in [1.82, 2.24) is 4.72 Å². The molecule has 1 unspecified atom stereocenters. The van der Waals surface area contributed by atoms with Crippen molar-refractivity contribution in [2.45, 2.75) is 63.4 Å². The molecule has 43 heavy (non-hydrogen) atoms. The normalized spacial score (nSPS) is 33.0. The fourth-order valence-corrected chi connectivity index (χ4v) is 10.2. The number of halogens is 1. The first-order valence-corrected chi connectivity index (χ1v) is 17.8. The Morgan fingerprint density at radius 2 is 2.02 bits per heavy atom. The highest BCUT2D eigenvalue weighted by Crippen LogP contribution is 2.49. The van der Waals surface area contributed by atoms with Gasteiger partial charge in [-0.2, -0.15) is 0 Å². The molecule has 3 aliphatic carbocycles. The maximum Gasteiger partial charge on any atom is 0.264 e. The van der Waals surface area contributed by atoms with Gasteiger partial charge in [-0.25, -0.2) is 13.1 Å². The van der Waals surface area contributed by atoms with Crippen LogP contribution in [0.3, 0.4) is 0 Å². The van der Waals surface area contributed by atoms with Gasteiger partial charge in [0.25, 0.3) is 5.91 Å². The lowest BCUT2D eigenvalue weighted by Gasteiger charge is -2.48. The second kappa shape index (κ2) is 11.1. The summed E-state index contributed by atoms with van der Waals surface area (Å²) < 4.78 is 41.5. The molecule has 3 aliphatic heterocycles. The molecule has 2 aromatic carbocycles. The van der Waals surface area contributed by atoms with Crippen LogP contribution in [-0.4, -0.2) is 53.0 Å². The SMILES string of the molecule is CC[C@@H]1CS(=O)(=O)NC(=O)c2ccc3c(c2)N(C[C@@H]2CC[C@H]2[C@@H](OC)C2=CC1C2)C[C@@]1(CCCc2cc(Cl)ccc21)CO3. The average Bonchev–Trinajstić information content (AvgIpc) is 3.09. The van der Waals surface area contributed by atoms with E-state index in [4.69, 9.17) is 21.1 Å². The maximum atomic E-state index is 13.4. The molecular formula is C34H41ClN2O5S. The summed E-state index contributed by atoms with van der Waals surface area (Å²) in [5.41, 5.74) is 4.83. The Morgan fingerprint density at radius 1 is 1.19 bits per heavy atom. The van der Waals surface area contributed by atoms with Crippen LogP contribution < -0.4 is 14.4 Å². The number of nitrogens with one attached hydrogen (secondary N) is 1. The van der Waals surface area contributed by atoms with Crippen LogP contribution in [0.25, 0.3) is 0 Å². The van der Waals surface area contributed by atoms with E-state index in [1.54, 1.807) is 6.07 Å². The third kappa shape index (κ3) is 5.27. The Morgan fingerprint density at radius 3 is 2.77 bits per heavy atom. The van der Waals surface area contributed by atoms with Gasteiger partial charge in [0.15, 0.2) is 0 Å². The van der Waals surface area contributed by atoms with Crippen LogP contribution in [0.5, 0.6) is 5.75 Å². The minimum absolute atomic E-state index is 0.0444. The molecule has 6 aliphatic rings. The number of fused-ring (bicyclic) bond motifs is 6. The predicted molar refractivity (Wildman–Crippen MR) is 168 cm³/mol. The Labute approximate surface area is 260 Å². The fraction of sp³-hybridized carbons (Fsp3) is 0.559. The van der Waals surface area contributed by atoms with E-state index in [1.807, 2.05) is 32.2 Å². The third-order valence-corrected chi connectivity index (χ3v) is 12.5. The Bertz CT molecular complexity index is 1570. The van der Waals surface area contributed by atoms with Crippen molar-refractivity contribution in [3.8, 4) is 5.75 Å². The quantitative estimate of drug-likeness (QED) is 0.419. The van der Waals surface area contributed by atoms with Crippen molar-refractivity contribution in [2.24, 2.45) is 23.7 Å². The van der Waals surface area contributed by atoms with Crippen molar-refractivity contribution in [2.75, 3.05) is 37.5 Å². The van der Waals surface area contributed by atoms with E-state index >= 15 is 0 Å². The number of anilines is 1. The number of sulfonamides is 1. The lowest BCUT2D eigenvalue weighted by Crippen LogP contribution is -2.50. The number of ether oxygens (including phenoxy) is 2. The summed E-state index contributed by atoms with van der Waals surface area (Å²) >= 11 is 6.42. The number of hydrogen-bond acceptors (Lipinski definition) is 6. The van der Waals surface area contributed by atoms with E-state index in [0.29, 0.717) is 24.0 Å². The molecule has 230 valence electrons. The number of rotatable bonds is 2. The average molecular weight is 625 g/mol. The molecule has 1 fully saturated rings. The Hall–Kier alpha value is -2.55. The van der Waals surface area contributed by atoms with E-state index < -0.39 is 15.9 Å². The van der Waals surface area contributed by atoms with Gasteiger partial charge in [0, 0.05) is 36.2 Å². The first-order chi connectivity index (χ1) is 20.7. The number of methoxy groups -OCH3 is 1. The van der Waals surface area contributed by atoms with Gasteiger partial charge >= 0.3 is 0 Å². The lowest BCUT2D eigenvalue weighted by molar-refractivity contribution is -0.000490. The number of benzene rings is 2. The third-order valence-electron chi connectivity index (χ3n) is 10.9. The van der Waals surface area contributed by atoms with Crippen LogP contribution >= 0.6 is 11.6 Å². The van der Waals surface area contributed by atoms with Crippen LogP contribution in [-0.2, 0) is 26.6 Å². The van der Waals surface area contributed by atoms with Gasteiger partial charge < -0.3 is 14.4 Å². The van der Waals surface area contributed by atoms with Crippen LogP contribution in [0.2, 0.25) is 5.02 Å². The van der Waals surface area contributed by atoms with Crippen molar-refractivity contribution >= 4 is 33.2 Å². The first-order valence-electron chi connectivity index (χ1n) is 15.8. The van der Waals surface area contributed by atoms with Gasteiger partial charge in [-0.05, 0) is 109 Å². The molecule has 2 aromatic rings. The summed E-state index contributed by atoms with van der Waals surface area (Å²) in [6, 6.07) is 11.6. The lowest BCUT2D eigenvalue weighted by atomic mass is 9.64. The number of amides is 1. The summed E-state index contributed by atoms with van der Waals surface area (Å²) in [7, 11) is -2.01. The molecule has 1 spiro atoms. The van der Waals surface area contributed by atoms with Gasteiger partial charge in [0.05, 0.1) is 24.2 Å². The van der Waals surface area contributed by atoms with Crippen molar-refractivity contribution in [3.05, 3.63) is 69.8 Å². The molecule has 0 aromatic heterocycles. The topological polar surface area (TPSA) is 84.9 Å². The number of carbonyl (C=O) groups is 1. The zero-order valence-corrected chi connectivity index (χ0v) is 26.6. The summed E-state index contributed by atoms with van der Waals surface area (Å²) in [6.45, 7) is 4.13. The summed E-state index contributed by atoms with van der Waals surface area (Å²) in [6.07, 6.45) is 9.18. The molecule has 3 heterocycles. The number of allylic oxidation sites excluding steroid dienone is 1. The second-order valence-corrected chi connectivity index (χ2v) is 15.6. The first kappa shape index (κ1) is 29.2. The minimum Gasteiger partial charge on any atom is -0.490 e. The highest BCUT2D eigenvalue weighted by Gasteiger charge is 2.46. The zero-order chi connectivity index (χ0) is 29.9. The molecular weight excluding hydrogens is 584 g/mol. The van der Waals surface area contributed by atoms with Crippen LogP contribution in [0.1, 0.15) is 66.9 Å². The molecule has 6 atom stereocenters. The predicted octanol–water partition coefficient (Wildman–Crippen LogP) is 5.90. The summed E-state index contributed by atoms with van der Waals surface area (Å²) in [5.74, 6) is 1.05. The zero-order valence-electron chi connectivity index (χ0n) is 25.0. The van der Waals surface area contributed by atoms with Gasteiger partial charge in [-0.15, -0.1) is 0 Å². The van der Waals surface area contributed by atoms with E-state index in [1.165, 1.54) is 16.7 Å². The molecule has 0 saturated heterocycles. The van der Waals surface area contributed by atoms with Crippen molar-refractivity contribution in [1.29, 1.82) is 0 Å². The molecule has 8 rings (SSSR count). The summed E-state index contributed by atoms with van der Waals surface area (Å²) in [5, 5.41) is 0.755. The molecule has 1 saturated carbocycles. The second-order valence-electron chi connectivity index (χ2n) is 13.4. The standard InChI is InChI=1S/C34H41ClN2O5S/c1-3-21-18-43(39,40)36-33(38)23-7-11-31-30(16-23)37(17-24-6-9-28(24)32(41-2)26-13-25(21)14-26)19-34(20-42-31)12-4-5-22-15-27(35)8-10-29(22)34/h7-8,10-11,13,15-16,21,24-25,28,32H,3-6,9,12,14,17-20H2,1-2H3,(H,36,38)/t21-,24+,25?,28-,32+,34+/m1/s1. The molecule has 4 bridgehead atoms. The number of aryl methyl sites for hydroxylation is 1. The van der Waals surface area contributed by atoms with Crippen LogP contribution in [0, 0.1) is 23.7 Å². The van der Waals surface area contributed by atoms with Gasteiger partial charge in [0.1, 0.15) is 5.75 Å². The largest absolute Gasteiger partial charge is 0.490 e. The highest BCUT2D eigenvalue weighted by atomic mass is 35.5. The van der Waals surface area contributed by atoms with Gasteiger partial charge in [-0.1, -0.05) is 37.1 Å². The molecule has 0 radical (unpaired) electrons. The smallest absolute Gasteiger partial charge is 0.264 e. The van der Waals surface area contributed by atoms with Crippen LogP contribution in [0.4, 0.5) is 5.69 Å². The Balaban J connectivity index is 1.30. The monoisotopic (exact) mass is 624 g/mol. The molecule has 7 nitrogen and oxygen atoms in total. The molecule has 1 N–H and O–H groups in total. The van der Waals surface area contributed by atoms with Crippen molar-refractivity contribution < 1.29 is 22.7 Å². The molecule has 1 amide bonds. The fourth-order valence-electron chi connectivity index (χ4n) is 8.45.